The number of hydrogen-bond acceptors (Lipinski definition) is 16. The first-order valence-electron chi connectivity index (χ1n) is 36.3. The predicted molar refractivity (Wildman–Crippen MR) is 403 cm³/mol. The minimum absolute atomic E-state index is 0.0191. The lowest BCUT2D eigenvalue weighted by Gasteiger charge is -2.52. The molecule has 16 heteroatoms. The van der Waals surface area contributed by atoms with Crippen molar-refractivity contribution in [2.75, 3.05) is 26.1 Å². The molecule has 15 nitrogen and oxygen atoms in total. The summed E-state index contributed by atoms with van der Waals surface area (Å²) in [6.07, 6.45) is -11.2. The van der Waals surface area contributed by atoms with Crippen molar-refractivity contribution in [1.82, 2.24) is 0 Å². The molecule has 3 aliphatic rings. The zero-order valence-electron chi connectivity index (χ0n) is 59.3. The van der Waals surface area contributed by atoms with Crippen molar-refractivity contribution in [1.29, 1.82) is 0 Å². The second kappa shape index (κ2) is 40.6. The van der Waals surface area contributed by atoms with Gasteiger partial charge in [-0.25, -0.2) is 0 Å². The van der Waals surface area contributed by atoms with Crippen LogP contribution in [0.1, 0.15) is 55.6 Å². The second-order valence-corrected chi connectivity index (χ2v) is 27.3. The normalized spacial score (nSPS) is 24.6. The molecule has 0 aromatic heterocycles. The van der Waals surface area contributed by atoms with Crippen LogP contribution in [0.4, 0.5) is 0 Å². The van der Waals surface area contributed by atoms with E-state index in [0.29, 0.717) is 13.2 Å². The molecule has 15 atom stereocenters. The van der Waals surface area contributed by atoms with Gasteiger partial charge in [0.05, 0.1) is 85.9 Å². The van der Waals surface area contributed by atoms with Gasteiger partial charge >= 0.3 is 0 Å². The number of rotatable bonds is 38. The fourth-order valence-electron chi connectivity index (χ4n) is 13.4. The fourth-order valence-corrected chi connectivity index (χ4v) is 14.1. The Morgan fingerprint density at radius 2 is 0.419 bits per heavy atom. The Bertz CT molecular complexity index is 3980. The highest BCUT2D eigenvalue weighted by Gasteiger charge is 2.57. The van der Waals surface area contributed by atoms with Crippen molar-refractivity contribution in [3.8, 4) is 0 Å². The molecule has 0 unspecified atom stereocenters. The maximum Gasteiger partial charge on any atom is 0.187 e. The van der Waals surface area contributed by atoms with Gasteiger partial charge in [0.25, 0.3) is 0 Å². The summed E-state index contributed by atoms with van der Waals surface area (Å²) in [5.74, 6) is 0. The van der Waals surface area contributed by atoms with E-state index < -0.39 is 91.3 Å². The van der Waals surface area contributed by atoms with Gasteiger partial charge in [0.15, 0.2) is 12.6 Å². The summed E-state index contributed by atoms with van der Waals surface area (Å²) in [6.45, 7) is 2.40. The lowest BCUT2D eigenvalue weighted by Crippen LogP contribution is -2.68. The van der Waals surface area contributed by atoms with E-state index in [9.17, 15) is 0 Å². The van der Waals surface area contributed by atoms with Crippen LogP contribution in [0.3, 0.4) is 0 Å². The molecule has 0 bridgehead atoms. The van der Waals surface area contributed by atoms with Gasteiger partial charge < -0.3 is 71.1 Å². The zero-order valence-corrected chi connectivity index (χ0v) is 60.1. The van der Waals surface area contributed by atoms with Gasteiger partial charge in [0.1, 0.15) is 78.7 Å². The molecule has 10 aromatic rings. The third kappa shape index (κ3) is 22.3. The van der Waals surface area contributed by atoms with Crippen molar-refractivity contribution < 1.29 is 71.1 Å². The van der Waals surface area contributed by atoms with Crippen molar-refractivity contribution in [3.63, 3.8) is 0 Å². The summed E-state index contributed by atoms with van der Waals surface area (Å²) in [5.41, 5.74) is 9.06. The molecule has 0 aliphatic carbocycles. The summed E-state index contributed by atoms with van der Waals surface area (Å²) in [4.78, 5) is 0. The van der Waals surface area contributed by atoms with E-state index in [0.717, 1.165) is 55.6 Å². The van der Waals surface area contributed by atoms with E-state index >= 15 is 0 Å². The van der Waals surface area contributed by atoms with Gasteiger partial charge in [-0.1, -0.05) is 303 Å². The predicted octanol–water partition coefficient (Wildman–Crippen LogP) is 16.0. The molecule has 3 fully saturated rings. The highest BCUT2D eigenvalue weighted by atomic mass is 32.2. The lowest BCUT2D eigenvalue weighted by atomic mass is 9.95. The summed E-state index contributed by atoms with van der Waals surface area (Å²) < 4.78 is 110. The largest absolute Gasteiger partial charge is 0.374 e. The van der Waals surface area contributed by atoms with Crippen LogP contribution < -0.4 is 0 Å². The van der Waals surface area contributed by atoms with Gasteiger partial charge in [-0.3, -0.25) is 0 Å². The number of ether oxygens (including phenoxy) is 15. The van der Waals surface area contributed by atoms with E-state index in [1.807, 2.05) is 285 Å². The molecule has 13 rings (SSSR count). The van der Waals surface area contributed by atoms with E-state index in [4.69, 9.17) is 71.1 Å². The minimum atomic E-state index is -1.25. The molecule has 0 radical (unpaired) electrons. The van der Waals surface area contributed by atoms with Gasteiger partial charge in [0, 0.05) is 0 Å². The average molecular weight is 1440 g/mol. The smallest absolute Gasteiger partial charge is 0.187 e. The average Bonchev–Trinajstić information content (AvgIpc) is 0.763. The first-order chi connectivity index (χ1) is 52.0. The third-order valence-electron chi connectivity index (χ3n) is 18.8. The van der Waals surface area contributed by atoms with Crippen molar-refractivity contribution >= 4 is 11.8 Å². The summed E-state index contributed by atoms with van der Waals surface area (Å²) in [6, 6.07) is 101. The molecule has 10 aromatic carbocycles. The number of thioether (sulfide) groups is 1. The lowest BCUT2D eigenvalue weighted by molar-refractivity contribution is -0.388. The van der Waals surface area contributed by atoms with Crippen LogP contribution in [0.2, 0.25) is 0 Å². The Labute approximate surface area is 621 Å². The topological polar surface area (TPSA) is 138 Å². The van der Waals surface area contributed by atoms with E-state index in [-0.39, 0.29) is 72.7 Å². The molecule has 0 saturated carbocycles. The maximum absolute atomic E-state index is 7.91. The molecular formula is C89H94O15S. The maximum atomic E-state index is 7.91. The van der Waals surface area contributed by atoms with Gasteiger partial charge in [-0.05, 0) is 61.9 Å². The second-order valence-electron chi connectivity index (χ2n) is 26.4. The summed E-state index contributed by atoms with van der Waals surface area (Å²) in [5, 5.41) is 0. The number of hydrogen-bond donors (Lipinski definition) is 0. The van der Waals surface area contributed by atoms with E-state index in [1.54, 1.807) is 11.8 Å². The molecule has 0 amide bonds. The molecule has 3 aliphatic heterocycles. The summed E-state index contributed by atoms with van der Waals surface area (Å²) in [7, 11) is 0. The zero-order chi connectivity index (χ0) is 71.3. The highest BCUT2D eigenvalue weighted by molar-refractivity contribution is 7.99. The minimum Gasteiger partial charge on any atom is -0.374 e. The highest BCUT2D eigenvalue weighted by Crippen LogP contribution is 2.41. The molecule has 3 heterocycles. The van der Waals surface area contributed by atoms with Crippen LogP contribution in [0, 0.1) is 0 Å². The van der Waals surface area contributed by atoms with Gasteiger partial charge in [0.2, 0.25) is 0 Å². The Balaban J connectivity index is 0.934. The van der Waals surface area contributed by atoms with Crippen molar-refractivity contribution in [2.24, 2.45) is 0 Å². The van der Waals surface area contributed by atoms with E-state index in [2.05, 4.69) is 24.3 Å². The Kier molecular flexibility index (Phi) is 29.1. The standard InChI is InChI=1S/C89H94O15S/c1-105-89-86(99-61-74-50-30-11-31-51-74)83(96-58-71-44-24-8-25-45-71)80(77(102-89)64-92-54-67-36-16-4-17-37-67)104-88-85(98-60-73-48-28-10-29-49-73)82(95-57-70-42-22-7-23-43-70)79(76(101-88)63-91-53-66-34-14-3-15-35-66)103-87-84(97-59-72-46-26-9-27-47-72)81(94-56-69-40-20-6-21-41-69)78(93-55-68-38-18-5-19-39-68)75(100-87)62-90-52-65-32-12-2-13-33-65/h2-51,75-89H,52-64H2,1H3/t75-,76-,77-,78+,79+,80-,81+,82+,83+,84-,85-,86-,87-,88+,89+/m1/s1. The Morgan fingerprint density at radius 3 is 0.686 bits per heavy atom. The molecule has 0 spiro atoms. The van der Waals surface area contributed by atoms with E-state index in [1.165, 1.54) is 0 Å². The molecule has 0 N–H and O–H groups in total. The molecule has 105 heavy (non-hydrogen) atoms. The Hall–Kier alpha value is -8.05. The molecule has 3 saturated heterocycles. The number of benzene rings is 10. The van der Waals surface area contributed by atoms with Crippen LogP contribution in [-0.2, 0) is 137 Å². The fraction of sp³-hybridized carbons (Fsp3) is 0.326. The van der Waals surface area contributed by atoms with Crippen LogP contribution in [-0.4, -0.2) is 117 Å². The van der Waals surface area contributed by atoms with Gasteiger partial charge in [-0.2, -0.15) is 0 Å². The van der Waals surface area contributed by atoms with Crippen molar-refractivity contribution in [2.45, 2.75) is 157 Å². The SMILES string of the molecule is CS[C@@H]1O[C@H](COCc2ccccc2)[C@@H](O[C@@H]2O[C@H](COCc3ccccc3)[C@H](O[C@H]3O[C@H](COCc4ccccc4)[C@H](OCc4ccccc4)[C@H](OCc4ccccc4)[C@H]3OCc3ccccc3)[C@H](OCc3ccccc3)[C@H]2OCc2ccccc2)[C@H](OCc2ccccc2)[C@H]1OCc1ccccc1. The molecule has 546 valence electrons. The van der Waals surface area contributed by atoms with Crippen LogP contribution >= 0.6 is 11.8 Å². The van der Waals surface area contributed by atoms with Crippen molar-refractivity contribution in [3.05, 3.63) is 359 Å². The first-order valence-corrected chi connectivity index (χ1v) is 37.6. The monoisotopic (exact) mass is 1430 g/mol. The van der Waals surface area contributed by atoms with Crippen LogP contribution in [0.25, 0.3) is 0 Å². The Morgan fingerprint density at radius 1 is 0.219 bits per heavy atom. The third-order valence-corrected chi connectivity index (χ3v) is 19.6. The summed E-state index contributed by atoms with van der Waals surface area (Å²) >= 11 is 1.55. The van der Waals surface area contributed by atoms with Crippen LogP contribution in [0.15, 0.2) is 303 Å². The van der Waals surface area contributed by atoms with Gasteiger partial charge in [-0.15, -0.1) is 11.8 Å². The molecular weight excluding hydrogens is 1340 g/mol. The first kappa shape index (κ1) is 75.2. The quantitative estimate of drug-likeness (QED) is 0.0362. The van der Waals surface area contributed by atoms with Crippen LogP contribution in [0.5, 0.6) is 0 Å².